The van der Waals surface area contributed by atoms with E-state index in [1.807, 2.05) is 0 Å². The number of hydrogen-bond acceptors (Lipinski definition) is 5. The Morgan fingerprint density at radius 1 is 1.24 bits per heavy atom. The fourth-order valence-corrected chi connectivity index (χ4v) is 3.92. The molecule has 0 unspecified atom stereocenters. The molecule has 6 nitrogen and oxygen atoms in total. The third kappa shape index (κ3) is 2.54. The first kappa shape index (κ1) is 16.5. The SMILES string of the molecule is Cc1c(N2C[C@H](O)[C@@H](O)C2)c(F)cc2c(CN)cc(=O)n(C3CC3)c12. The van der Waals surface area contributed by atoms with Crippen molar-refractivity contribution in [3.63, 3.8) is 0 Å². The minimum absolute atomic E-state index is 0.113. The molecule has 0 spiro atoms. The Bertz CT molecular complexity index is 897. The summed E-state index contributed by atoms with van der Waals surface area (Å²) in [6.45, 7) is 2.27. The summed E-state index contributed by atoms with van der Waals surface area (Å²) in [4.78, 5) is 14.2. The summed E-state index contributed by atoms with van der Waals surface area (Å²) >= 11 is 0. The van der Waals surface area contributed by atoms with Gasteiger partial charge in [0.1, 0.15) is 5.82 Å². The summed E-state index contributed by atoms with van der Waals surface area (Å²) in [5.74, 6) is -0.429. The van der Waals surface area contributed by atoms with Gasteiger partial charge in [0.25, 0.3) is 5.56 Å². The van der Waals surface area contributed by atoms with E-state index >= 15 is 0 Å². The molecular weight excluding hydrogens is 325 g/mol. The van der Waals surface area contributed by atoms with E-state index in [0.717, 1.165) is 12.8 Å². The molecule has 1 aromatic carbocycles. The first-order chi connectivity index (χ1) is 11.9. The molecule has 0 radical (unpaired) electrons. The number of pyridine rings is 1. The average Bonchev–Trinajstić information content (AvgIpc) is 3.33. The van der Waals surface area contributed by atoms with Gasteiger partial charge in [-0.25, -0.2) is 4.39 Å². The minimum Gasteiger partial charge on any atom is -0.389 e. The molecule has 1 saturated heterocycles. The fraction of sp³-hybridized carbons (Fsp3) is 0.500. The fourth-order valence-electron chi connectivity index (χ4n) is 3.92. The smallest absolute Gasteiger partial charge is 0.251 e. The van der Waals surface area contributed by atoms with Crippen LogP contribution in [0.3, 0.4) is 0 Å². The largest absolute Gasteiger partial charge is 0.389 e. The number of halogens is 1. The van der Waals surface area contributed by atoms with E-state index in [2.05, 4.69) is 0 Å². The molecule has 1 saturated carbocycles. The van der Waals surface area contributed by atoms with Gasteiger partial charge in [0, 0.05) is 37.1 Å². The molecule has 2 heterocycles. The van der Waals surface area contributed by atoms with Crippen LogP contribution in [-0.4, -0.2) is 40.1 Å². The molecule has 2 fully saturated rings. The summed E-state index contributed by atoms with van der Waals surface area (Å²) < 4.78 is 16.7. The van der Waals surface area contributed by atoms with Crippen LogP contribution < -0.4 is 16.2 Å². The maximum atomic E-state index is 14.9. The van der Waals surface area contributed by atoms with Gasteiger partial charge in [0.2, 0.25) is 0 Å². The quantitative estimate of drug-likeness (QED) is 0.763. The van der Waals surface area contributed by atoms with Gasteiger partial charge < -0.3 is 25.4 Å². The van der Waals surface area contributed by atoms with E-state index in [4.69, 9.17) is 5.73 Å². The highest BCUT2D eigenvalue weighted by Gasteiger charge is 2.34. The first-order valence-electron chi connectivity index (χ1n) is 8.60. The topological polar surface area (TPSA) is 91.7 Å². The number of aliphatic hydroxyl groups excluding tert-OH is 2. The Labute approximate surface area is 144 Å². The number of anilines is 1. The van der Waals surface area contributed by atoms with E-state index in [0.29, 0.717) is 27.7 Å². The van der Waals surface area contributed by atoms with E-state index in [1.165, 1.54) is 12.1 Å². The number of aliphatic hydroxyl groups is 2. The van der Waals surface area contributed by atoms with Crippen molar-refractivity contribution in [2.24, 2.45) is 5.73 Å². The molecule has 1 aliphatic heterocycles. The second-order valence-corrected chi connectivity index (χ2v) is 7.08. The van der Waals surface area contributed by atoms with Gasteiger partial charge in [-0.15, -0.1) is 0 Å². The van der Waals surface area contributed by atoms with Gasteiger partial charge in [-0.2, -0.15) is 0 Å². The number of benzene rings is 1. The highest BCUT2D eigenvalue weighted by molar-refractivity contribution is 5.90. The van der Waals surface area contributed by atoms with Crippen LogP contribution in [0.4, 0.5) is 10.1 Å². The number of aromatic nitrogens is 1. The second kappa shape index (κ2) is 5.79. The van der Waals surface area contributed by atoms with Crippen molar-refractivity contribution in [1.29, 1.82) is 0 Å². The minimum atomic E-state index is -0.907. The molecule has 1 aliphatic carbocycles. The third-order valence-corrected chi connectivity index (χ3v) is 5.29. The normalized spacial score (nSPS) is 23.6. The van der Waals surface area contributed by atoms with Crippen molar-refractivity contribution in [1.82, 2.24) is 4.57 Å². The number of fused-ring (bicyclic) bond motifs is 1. The molecule has 25 heavy (non-hydrogen) atoms. The van der Waals surface area contributed by atoms with Gasteiger partial charge in [-0.1, -0.05) is 0 Å². The number of β-amino-alcohol motifs (C(OH)–C–C–N with tert-alkyl or cyclic N) is 2. The molecule has 0 amide bonds. The molecule has 2 aliphatic rings. The van der Waals surface area contributed by atoms with Crippen LogP contribution >= 0.6 is 0 Å². The number of rotatable bonds is 3. The van der Waals surface area contributed by atoms with Gasteiger partial charge in [0.05, 0.1) is 23.4 Å². The highest BCUT2D eigenvalue weighted by Crippen LogP contribution is 2.40. The molecule has 4 N–H and O–H groups in total. The molecular formula is C18H22FN3O3. The van der Waals surface area contributed by atoms with Crippen LogP contribution in [0.25, 0.3) is 10.9 Å². The van der Waals surface area contributed by atoms with Crippen molar-refractivity contribution in [3.05, 3.63) is 39.4 Å². The number of nitrogens with zero attached hydrogens (tertiary/aromatic N) is 2. The maximum absolute atomic E-state index is 14.9. The Morgan fingerprint density at radius 3 is 2.44 bits per heavy atom. The van der Waals surface area contributed by atoms with Crippen molar-refractivity contribution >= 4 is 16.6 Å². The van der Waals surface area contributed by atoms with Crippen molar-refractivity contribution in [2.45, 2.75) is 44.6 Å². The summed E-state index contributed by atoms with van der Waals surface area (Å²) in [5, 5.41) is 20.3. The zero-order valence-corrected chi connectivity index (χ0v) is 14.1. The second-order valence-electron chi connectivity index (χ2n) is 7.08. The summed E-state index contributed by atoms with van der Waals surface area (Å²) in [5.41, 5.74) is 7.99. The van der Waals surface area contributed by atoms with Crippen molar-refractivity contribution in [3.8, 4) is 0 Å². The molecule has 1 aromatic heterocycles. The lowest BCUT2D eigenvalue weighted by Gasteiger charge is -2.24. The Balaban J connectivity index is 2.00. The number of aryl methyl sites for hydroxylation is 1. The van der Waals surface area contributed by atoms with Gasteiger partial charge in [-0.05, 0) is 37.0 Å². The van der Waals surface area contributed by atoms with E-state index in [-0.39, 0.29) is 31.2 Å². The predicted octanol–water partition coefficient (Wildman–Crippen LogP) is 0.784. The lowest BCUT2D eigenvalue weighted by atomic mass is 10.0. The summed E-state index contributed by atoms with van der Waals surface area (Å²) in [6, 6.07) is 3.08. The molecule has 0 bridgehead atoms. The Kier molecular flexibility index (Phi) is 3.82. The van der Waals surface area contributed by atoms with Crippen LogP contribution in [0, 0.1) is 12.7 Å². The van der Waals surface area contributed by atoms with Crippen molar-refractivity contribution in [2.75, 3.05) is 18.0 Å². The van der Waals surface area contributed by atoms with Crippen LogP contribution in [0.15, 0.2) is 16.9 Å². The van der Waals surface area contributed by atoms with Gasteiger partial charge in [0.15, 0.2) is 0 Å². The highest BCUT2D eigenvalue weighted by atomic mass is 19.1. The molecule has 4 rings (SSSR count). The third-order valence-electron chi connectivity index (χ3n) is 5.29. The molecule has 2 atom stereocenters. The standard InChI is InChI=1S/C18H22FN3O3/c1-9-17-12(10(6-20)4-16(25)22(17)11-2-3-11)5-13(19)18(9)21-7-14(23)15(24)8-21/h4-5,11,14-15,23-24H,2-3,6-8,20H2,1H3/t14-,15-/m0/s1. The van der Waals surface area contributed by atoms with E-state index < -0.39 is 18.0 Å². The van der Waals surface area contributed by atoms with E-state index in [9.17, 15) is 19.4 Å². The Morgan fingerprint density at radius 2 is 1.88 bits per heavy atom. The summed E-state index contributed by atoms with van der Waals surface area (Å²) in [7, 11) is 0. The number of hydrogen-bond donors (Lipinski definition) is 3. The van der Waals surface area contributed by atoms with Crippen LogP contribution in [-0.2, 0) is 6.54 Å². The van der Waals surface area contributed by atoms with Gasteiger partial charge >= 0.3 is 0 Å². The molecule has 2 aromatic rings. The zero-order valence-electron chi connectivity index (χ0n) is 14.1. The lowest BCUT2D eigenvalue weighted by molar-refractivity contribution is 0.0572. The first-order valence-corrected chi connectivity index (χ1v) is 8.60. The summed E-state index contributed by atoms with van der Waals surface area (Å²) in [6.07, 6.45) is 0.0557. The average molecular weight is 347 g/mol. The van der Waals surface area contributed by atoms with Crippen LogP contribution in [0.1, 0.15) is 30.0 Å². The zero-order chi connectivity index (χ0) is 17.9. The Hall–Kier alpha value is -1.96. The predicted molar refractivity (Wildman–Crippen MR) is 93.3 cm³/mol. The lowest BCUT2D eigenvalue weighted by Crippen LogP contribution is -2.26. The van der Waals surface area contributed by atoms with Crippen LogP contribution in [0.5, 0.6) is 0 Å². The van der Waals surface area contributed by atoms with Crippen LogP contribution in [0.2, 0.25) is 0 Å². The molecule has 7 heteroatoms. The van der Waals surface area contributed by atoms with Crippen molar-refractivity contribution < 1.29 is 14.6 Å². The maximum Gasteiger partial charge on any atom is 0.251 e. The van der Waals surface area contributed by atoms with E-state index in [1.54, 1.807) is 16.4 Å². The van der Waals surface area contributed by atoms with Gasteiger partial charge in [-0.3, -0.25) is 4.79 Å². The number of nitrogens with two attached hydrogens (primary N) is 1. The molecule has 134 valence electrons. The monoisotopic (exact) mass is 347 g/mol.